The van der Waals surface area contributed by atoms with Crippen LogP contribution in [0.25, 0.3) is 0 Å². The molecule has 0 saturated carbocycles. The Labute approximate surface area is 159 Å². The van der Waals surface area contributed by atoms with Gasteiger partial charge in [0.15, 0.2) is 11.5 Å². The Kier molecular flexibility index (Phi) is 3.82. The summed E-state index contributed by atoms with van der Waals surface area (Å²) in [5.74, 6) is -0.332. The highest BCUT2D eigenvalue weighted by molar-refractivity contribution is 5.95. The third-order valence-electron chi connectivity index (χ3n) is 5.96. The van der Waals surface area contributed by atoms with Crippen LogP contribution in [-0.4, -0.2) is 29.2 Å². The number of benzene rings is 2. The number of hydrogen-bond donors (Lipinski definition) is 0. The Morgan fingerprint density at radius 3 is 2.29 bits per heavy atom. The van der Waals surface area contributed by atoms with Gasteiger partial charge in [-0.3, -0.25) is 4.79 Å². The van der Waals surface area contributed by atoms with E-state index < -0.39 is 6.29 Å². The molecule has 4 nitrogen and oxygen atoms in total. The smallest absolute Gasteiger partial charge is 0.395 e. The van der Waals surface area contributed by atoms with Crippen LogP contribution in [-0.2, 0) is 0 Å². The van der Waals surface area contributed by atoms with Crippen molar-refractivity contribution >= 4 is 5.91 Å². The van der Waals surface area contributed by atoms with Gasteiger partial charge < -0.3 is 14.4 Å². The molecule has 2 aromatic carbocycles. The molecule has 2 aromatic rings. The number of amides is 1. The maximum absolute atomic E-state index is 13.2. The van der Waals surface area contributed by atoms with Crippen LogP contribution in [0, 0.1) is 5.82 Å². The van der Waals surface area contributed by atoms with E-state index in [1.807, 2.05) is 17.0 Å². The highest BCUT2D eigenvalue weighted by atomic mass is 19.3. The molecule has 3 heterocycles. The lowest BCUT2D eigenvalue weighted by Crippen LogP contribution is -2.46. The largest absolute Gasteiger partial charge is 0.586 e. The lowest BCUT2D eigenvalue weighted by atomic mass is 9.85. The predicted molar refractivity (Wildman–Crippen MR) is 94.0 cm³/mol. The Morgan fingerprint density at radius 1 is 0.964 bits per heavy atom. The first kappa shape index (κ1) is 17.4. The van der Waals surface area contributed by atoms with Crippen molar-refractivity contribution in [2.24, 2.45) is 0 Å². The molecule has 0 N–H and O–H groups in total. The van der Waals surface area contributed by atoms with Gasteiger partial charge in [0.2, 0.25) is 0 Å². The van der Waals surface area contributed by atoms with Gasteiger partial charge in [-0.1, -0.05) is 12.1 Å². The molecule has 2 fully saturated rings. The van der Waals surface area contributed by atoms with Crippen LogP contribution < -0.4 is 9.47 Å². The Balaban J connectivity index is 1.36. The van der Waals surface area contributed by atoms with Crippen molar-refractivity contribution in [3.05, 3.63) is 59.4 Å². The first-order valence-corrected chi connectivity index (χ1v) is 9.38. The molecule has 3 aliphatic heterocycles. The highest BCUT2D eigenvalue weighted by Gasteiger charge is 2.46. The minimum absolute atomic E-state index is 0.0699. The number of fused-ring (bicyclic) bond motifs is 3. The third kappa shape index (κ3) is 2.89. The van der Waals surface area contributed by atoms with E-state index in [1.54, 1.807) is 0 Å². The second-order valence-corrected chi connectivity index (χ2v) is 7.65. The summed E-state index contributed by atoms with van der Waals surface area (Å²) in [4.78, 5) is 15.0. The maximum Gasteiger partial charge on any atom is 0.586 e. The van der Waals surface area contributed by atoms with Gasteiger partial charge in [-0.2, -0.15) is 0 Å². The summed E-state index contributed by atoms with van der Waals surface area (Å²) < 4.78 is 48.5. The van der Waals surface area contributed by atoms with Crippen molar-refractivity contribution in [1.82, 2.24) is 4.90 Å². The van der Waals surface area contributed by atoms with E-state index in [0.717, 1.165) is 31.2 Å². The minimum Gasteiger partial charge on any atom is -0.395 e. The van der Waals surface area contributed by atoms with E-state index in [1.165, 1.54) is 30.3 Å². The zero-order valence-corrected chi connectivity index (χ0v) is 14.9. The molecule has 7 heteroatoms. The number of hydrogen-bond acceptors (Lipinski definition) is 3. The van der Waals surface area contributed by atoms with Gasteiger partial charge in [0.1, 0.15) is 5.82 Å². The highest BCUT2D eigenvalue weighted by Crippen LogP contribution is 2.45. The van der Waals surface area contributed by atoms with Crippen LogP contribution in [0.4, 0.5) is 13.2 Å². The first-order chi connectivity index (χ1) is 13.4. The molecule has 5 rings (SSSR count). The molecule has 1 amide bonds. The molecule has 0 spiro atoms. The van der Waals surface area contributed by atoms with Crippen LogP contribution in [0.2, 0.25) is 0 Å². The standard InChI is InChI=1S/C21H18F3NO3/c22-15-4-1-12(2-5-15)14-9-16-6-7-17(10-14)25(16)20(26)13-3-8-18-19(11-13)28-21(23,24)27-18/h1-5,8,11,14,16-17H,6-7,9-10H2. The number of nitrogens with zero attached hydrogens (tertiary/aromatic N) is 1. The number of piperidine rings is 1. The Bertz CT molecular complexity index is 917. The molecule has 2 saturated heterocycles. The number of halogens is 3. The fraction of sp³-hybridized carbons (Fsp3) is 0.381. The number of alkyl halides is 2. The summed E-state index contributed by atoms with van der Waals surface area (Å²) in [6.45, 7) is 0. The molecule has 28 heavy (non-hydrogen) atoms. The molecule has 0 aliphatic carbocycles. The summed E-state index contributed by atoms with van der Waals surface area (Å²) in [5, 5.41) is 0. The van der Waals surface area contributed by atoms with Crippen molar-refractivity contribution in [3.8, 4) is 11.5 Å². The molecule has 2 unspecified atom stereocenters. The SMILES string of the molecule is O=C(c1ccc2c(c1)OC(F)(F)O2)N1C2CCC1CC(c1ccc(F)cc1)C2. The van der Waals surface area contributed by atoms with Gasteiger partial charge in [0, 0.05) is 17.6 Å². The quantitative estimate of drug-likeness (QED) is 0.748. The van der Waals surface area contributed by atoms with E-state index in [-0.39, 0.29) is 41.2 Å². The first-order valence-electron chi connectivity index (χ1n) is 9.38. The average molecular weight is 389 g/mol. The Morgan fingerprint density at radius 2 is 1.61 bits per heavy atom. The topological polar surface area (TPSA) is 38.8 Å². The number of rotatable bonds is 2. The molecular weight excluding hydrogens is 371 g/mol. The van der Waals surface area contributed by atoms with Gasteiger partial charge >= 0.3 is 6.29 Å². The lowest BCUT2D eigenvalue weighted by Gasteiger charge is -2.39. The van der Waals surface area contributed by atoms with Gasteiger partial charge in [-0.05, 0) is 67.5 Å². The van der Waals surface area contributed by atoms with Crippen LogP contribution >= 0.6 is 0 Å². The summed E-state index contributed by atoms with van der Waals surface area (Å²) in [6.07, 6.45) is -0.239. The van der Waals surface area contributed by atoms with E-state index in [4.69, 9.17) is 0 Å². The van der Waals surface area contributed by atoms with Gasteiger partial charge in [-0.15, -0.1) is 8.78 Å². The molecule has 2 bridgehead atoms. The van der Waals surface area contributed by atoms with Gasteiger partial charge in [-0.25, -0.2) is 4.39 Å². The average Bonchev–Trinajstić information content (AvgIpc) is 3.11. The van der Waals surface area contributed by atoms with E-state index in [0.29, 0.717) is 5.56 Å². The van der Waals surface area contributed by atoms with Crippen LogP contribution in [0.5, 0.6) is 11.5 Å². The molecule has 2 atom stereocenters. The summed E-state index contributed by atoms with van der Waals surface area (Å²) in [7, 11) is 0. The zero-order chi connectivity index (χ0) is 19.5. The van der Waals surface area contributed by atoms with Crippen molar-refractivity contribution < 1.29 is 27.4 Å². The Hall–Kier alpha value is -2.70. The van der Waals surface area contributed by atoms with E-state index in [9.17, 15) is 18.0 Å². The minimum atomic E-state index is -3.70. The summed E-state index contributed by atoms with van der Waals surface area (Å²) in [6, 6.07) is 10.9. The molecule has 0 radical (unpaired) electrons. The summed E-state index contributed by atoms with van der Waals surface area (Å²) >= 11 is 0. The second kappa shape index (κ2) is 6.15. The molecule has 146 valence electrons. The third-order valence-corrected chi connectivity index (χ3v) is 5.96. The van der Waals surface area contributed by atoms with Crippen molar-refractivity contribution in [2.75, 3.05) is 0 Å². The van der Waals surface area contributed by atoms with Crippen molar-refractivity contribution in [1.29, 1.82) is 0 Å². The monoisotopic (exact) mass is 389 g/mol. The number of carbonyl (C=O) groups is 1. The predicted octanol–water partition coefficient (Wildman–Crippen LogP) is 4.70. The fourth-order valence-corrected chi connectivity index (χ4v) is 4.75. The molecule has 3 aliphatic rings. The molecular formula is C21H18F3NO3. The van der Waals surface area contributed by atoms with Crippen LogP contribution in [0.15, 0.2) is 42.5 Å². The van der Waals surface area contributed by atoms with Crippen LogP contribution in [0.1, 0.15) is 47.5 Å². The van der Waals surface area contributed by atoms with E-state index >= 15 is 0 Å². The lowest BCUT2D eigenvalue weighted by molar-refractivity contribution is -0.286. The number of ether oxygens (including phenoxy) is 2. The van der Waals surface area contributed by atoms with Gasteiger partial charge in [0.25, 0.3) is 5.91 Å². The normalized spacial score (nSPS) is 27.1. The van der Waals surface area contributed by atoms with Gasteiger partial charge in [0.05, 0.1) is 0 Å². The zero-order valence-electron chi connectivity index (χ0n) is 14.9. The second-order valence-electron chi connectivity index (χ2n) is 7.65. The van der Waals surface area contributed by atoms with E-state index in [2.05, 4.69) is 9.47 Å². The maximum atomic E-state index is 13.2. The summed E-state index contributed by atoms with van der Waals surface area (Å²) in [5.41, 5.74) is 1.41. The molecule has 0 aromatic heterocycles. The van der Waals surface area contributed by atoms with Crippen molar-refractivity contribution in [2.45, 2.75) is 50.0 Å². The van der Waals surface area contributed by atoms with Crippen LogP contribution in [0.3, 0.4) is 0 Å². The fourth-order valence-electron chi connectivity index (χ4n) is 4.75. The number of carbonyl (C=O) groups excluding carboxylic acids is 1. The van der Waals surface area contributed by atoms with Crippen molar-refractivity contribution in [3.63, 3.8) is 0 Å².